The van der Waals surface area contributed by atoms with Crippen LogP contribution in [-0.2, 0) is 0 Å². The highest BCUT2D eigenvalue weighted by molar-refractivity contribution is 6.00. The number of carbonyl (C=O) groups is 1. The first kappa shape index (κ1) is 21.1. The van der Waals surface area contributed by atoms with Gasteiger partial charge >= 0.3 is 0 Å². The van der Waals surface area contributed by atoms with E-state index in [1.165, 1.54) is 12.8 Å². The Morgan fingerprint density at radius 2 is 1.83 bits per heavy atom. The molecule has 0 spiro atoms. The number of hydrogen-bond acceptors (Lipinski definition) is 3. The molecule has 1 amide bonds. The standard InChI is InChI=1S/C18H27N3O.2ClH/c1-14-7-8-17(20-9-3-4-10-20)16(12-14)18(22)21-11-5-6-15(13-21)19-2;;/h7-8,12,15,19H,3-6,9-11,13H2,1-2H3;2*1H. The van der Waals surface area contributed by atoms with Gasteiger partial charge in [-0.05, 0) is 51.8 Å². The number of rotatable bonds is 3. The number of halogens is 2. The van der Waals surface area contributed by atoms with Gasteiger partial charge in [-0.1, -0.05) is 11.6 Å². The first-order chi connectivity index (χ1) is 10.7. The number of hydrogen-bond donors (Lipinski definition) is 1. The lowest BCUT2D eigenvalue weighted by Gasteiger charge is -2.33. The molecule has 0 bridgehead atoms. The zero-order chi connectivity index (χ0) is 15.5. The molecule has 2 aliphatic heterocycles. The zero-order valence-electron chi connectivity index (χ0n) is 14.6. The maximum absolute atomic E-state index is 13.1. The van der Waals surface area contributed by atoms with Crippen molar-refractivity contribution < 1.29 is 4.79 Å². The molecule has 4 nitrogen and oxygen atoms in total. The van der Waals surface area contributed by atoms with Gasteiger partial charge in [0.25, 0.3) is 5.91 Å². The summed E-state index contributed by atoms with van der Waals surface area (Å²) in [5.41, 5.74) is 3.17. The molecule has 0 saturated carbocycles. The third-order valence-electron chi connectivity index (χ3n) is 4.95. The summed E-state index contributed by atoms with van der Waals surface area (Å²) in [6, 6.07) is 6.75. The van der Waals surface area contributed by atoms with Crippen molar-refractivity contribution in [3.63, 3.8) is 0 Å². The minimum absolute atomic E-state index is 0. The van der Waals surface area contributed by atoms with Crippen LogP contribution in [0.15, 0.2) is 18.2 Å². The van der Waals surface area contributed by atoms with Gasteiger partial charge in [0.05, 0.1) is 5.56 Å². The molecule has 1 N–H and O–H groups in total. The maximum atomic E-state index is 13.1. The van der Waals surface area contributed by atoms with E-state index in [0.717, 1.165) is 55.8 Å². The van der Waals surface area contributed by atoms with Crippen molar-refractivity contribution >= 4 is 36.4 Å². The van der Waals surface area contributed by atoms with Gasteiger partial charge in [-0.3, -0.25) is 4.79 Å². The van der Waals surface area contributed by atoms with Gasteiger partial charge in [0, 0.05) is 37.9 Å². The lowest BCUT2D eigenvalue weighted by molar-refractivity contribution is 0.0698. The van der Waals surface area contributed by atoms with Crippen LogP contribution in [0.5, 0.6) is 0 Å². The highest BCUT2D eigenvalue weighted by atomic mass is 35.5. The van der Waals surface area contributed by atoms with Crippen LogP contribution >= 0.6 is 24.8 Å². The SMILES string of the molecule is CNC1CCCN(C(=O)c2cc(C)ccc2N2CCCC2)C1.Cl.Cl. The molecular weight excluding hydrogens is 345 g/mol. The van der Waals surface area contributed by atoms with E-state index in [9.17, 15) is 4.79 Å². The molecule has 1 atom stereocenters. The van der Waals surface area contributed by atoms with E-state index in [0.29, 0.717) is 6.04 Å². The van der Waals surface area contributed by atoms with E-state index >= 15 is 0 Å². The first-order valence-electron chi connectivity index (χ1n) is 8.51. The van der Waals surface area contributed by atoms with Gasteiger partial charge < -0.3 is 15.1 Å². The van der Waals surface area contributed by atoms with E-state index in [1.807, 2.05) is 11.9 Å². The Balaban J connectivity index is 0.00000144. The van der Waals surface area contributed by atoms with Crippen molar-refractivity contribution in [1.29, 1.82) is 0 Å². The molecule has 2 heterocycles. The minimum Gasteiger partial charge on any atom is -0.371 e. The minimum atomic E-state index is 0. The number of amides is 1. The quantitative estimate of drug-likeness (QED) is 0.882. The predicted molar refractivity (Wildman–Crippen MR) is 105 cm³/mol. The van der Waals surface area contributed by atoms with E-state index in [4.69, 9.17) is 0 Å². The number of carbonyl (C=O) groups excluding carboxylic acids is 1. The van der Waals surface area contributed by atoms with Crippen LogP contribution in [0, 0.1) is 6.92 Å². The topological polar surface area (TPSA) is 35.6 Å². The number of likely N-dealkylation sites (tertiary alicyclic amines) is 1. The summed E-state index contributed by atoms with van der Waals surface area (Å²) < 4.78 is 0. The third-order valence-corrected chi connectivity index (χ3v) is 4.95. The summed E-state index contributed by atoms with van der Waals surface area (Å²) in [7, 11) is 1.99. The van der Waals surface area contributed by atoms with Gasteiger partial charge in [-0.2, -0.15) is 0 Å². The molecule has 0 aromatic heterocycles. The molecule has 136 valence electrons. The molecule has 24 heavy (non-hydrogen) atoms. The molecule has 2 saturated heterocycles. The zero-order valence-corrected chi connectivity index (χ0v) is 16.2. The first-order valence-corrected chi connectivity index (χ1v) is 8.51. The van der Waals surface area contributed by atoms with Gasteiger partial charge in [0.15, 0.2) is 0 Å². The average Bonchev–Trinajstić information content (AvgIpc) is 3.08. The van der Waals surface area contributed by atoms with Gasteiger partial charge in [0.1, 0.15) is 0 Å². The van der Waals surface area contributed by atoms with Crippen molar-refractivity contribution in [3.05, 3.63) is 29.3 Å². The highest BCUT2D eigenvalue weighted by Crippen LogP contribution is 2.27. The molecule has 1 aromatic carbocycles. The van der Waals surface area contributed by atoms with Crippen LogP contribution in [0.25, 0.3) is 0 Å². The number of likely N-dealkylation sites (N-methyl/N-ethyl adjacent to an activating group) is 1. The Hall–Kier alpha value is -0.970. The fourth-order valence-electron chi connectivity index (χ4n) is 3.62. The lowest BCUT2D eigenvalue weighted by atomic mass is 10.0. The smallest absolute Gasteiger partial charge is 0.256 e. The second-order valence-electron chi connectivity index (χ2n) is 6.59. The van der Waals surface area contributed by atoms with Crippen molar-refractivity contribution in [2.45, 2.75) is 38.6 Å². The Morgan fingerprint density at radius 1 is 1.12 bits per heavy atom. The summed E-state index contributed by atoms with van der Waals surface area (Å²) in [4.78, 5) is 17.5. The summed E-state index contributed by atoms with van der Waals surface area (Å²) in [5.74, 6) is 0.200. The molecule has 1 aromatic rings. The molecule has 3 rings (SSSR count). The van der Waals surface area contributed by atoms with E-state index < -0.39 is 0 Å². The molecular formula is C18H29Cl2N3O. The Labute approximate surface area is 157 Å². The maximum Gasteiger partial charge on any atom is 0.256 e. The van der Waals surface area contributed by atoms with Crippen LogP contribution in [0.2, 0.25) is 0 Å². The third kappa shape index (κ3) is 4.56. The Bertz CT molecular complexity index is 547. The van der Waals surface area contributed by atoms with Crippen molar-refractivity contribution in [3.8, 4) is 0 Å². The number of nitrogens with one attached hydrogen (secondary N) is 1. The second-order valence-corrected chi connectivity index (χ2v) is 6.59. The molecule has 1 unspecified atom stereocenters. The van der Waals surface area contributed by atoms with Crippen molar-refractivity contribution in [1.82, 2.24) is 10.2 Å². The summed E-state index contributed by atoms with van der Waals surface area (Å²) in [6.07, 6.45) is 4.70. The second kappa shape index (κ2) is 9.50. The van der Waals surface area contributed by atoms with E-state index in [-0.39, 0.29) is 30.7 Å². The average molecular weight is 374 g/mol. The highest BCUT2D eigenvalue weighted by Gasteiger charge is 2.27. The predicted octanol–water partition coefficient (Wildman–Crippen LogP) is 3.26. The molecule has 0 radical (unpaired) electrons. The number of aryl methyl sites for hydroxylation is 1. The van der Waals surface area contributed by atoms with E-state index in [1.54, 1.807) is 0 Å². The lowest BCUT2D eigenvalue weighted by Crippen LogP contribution is -2.47. The largest absolute Gasteiger partial charge is 0.371 e. The fourth-order valence-corrected chi connectivity index (χ4v) is 3.62. The van der Waals surface area contributed by atoms with Crippen LogP contribution in [0.3, 0.4) is 0 Å². The van der Waals surface area contributed by atoms with Crippen LogP contribution in [-0.4, -0.2) is 50.1 Å². The van der Waals surface area contributed by atoms with Crippen molar-refractivity contribution in [2.24, 2.45) is 0 Å². The number of benzene rings is 1. The van der Waals surface area contributed by atoms with Gasteiger partial charge in [-0.15, -0.1) is 24.8 Å². The van der Waals surface area contributed by atoms with Gasteiger partial charge in [0.2, 0.25) is 0 Å². The van der Waals surface area contributed by atoms with Crippen LogP contribution in [0.4, 0.5) is 5.69 Å². The van der Waals surface area contributed by atoms with E-state index in [2.05, 4.69) is 35.3 Å². The van der Waals surface area contributed by atoms with Crippen LogP contribution in [0.1, 0.15) is 41.6 Å². The summed E-state index contributed by atoms with van der Waals surface area (Å²) in [6.45, 7) is 5.91. The Morgan fingerprint density at radius 3 is 2.50 bits per heavy atom. The monoisotopic (exact) mass is 373 g/mol. The van der Waals surface area contributed by atoms with Crippen LogP contribution < -0.4 is 10.2 Å². The number of anilines is 1. The fraction of sp³-hybridized carbons (Fsp3) is 0.611. The molecule has 0 aliphatic carbocycles. The number of nitrogens with zero attached hydrogens (tertiary/aromatic N) is 2. The van der Waals surface area contributed by atoms with Crippen molar-refractivity contribution in [2.75, 3.05) is 38.1 Å². The number of piperidine rings is 1. The normalized spacial score (nSPS) is 20.3. The Kier molecular flexibility index (Phi) is 8.34. The molecule has 2 aliphatic rings. The summed E-state index contributed by atoms with van der Waals surface area (Å²) in [5, 5.41) is 3.32. The van der Waals surface area contributed by atoms with Gasteiger partial charge in [-0.25, -0.2) is 0 Å². The summed E-state index contributed by atoms with van der Waals surface area (Å²) >= 11 is 0. The molecule has 2 fully saturated rings. The molecule has 6 heteroatoms.